The summed E-state index contributed by atoms with van der Waals surface area (Å²) >= 11 is 0. The van der Waals surface area contributed by atoms with Gasteiger partial charge in [0.05, 0.1) is 0 Å². The van der Waals surface area contributed by atoms with Crippen molar-refractivity contribution in [2.24, 2.45) is 46.2 Å². The Labute approximate surface area is 246 Å². The Morgan fingerprint density at radius 2 is 1.55 bits per heavy atom. The summed E-state index contributed by atoms with van der Waals surface area (Å²) in [7, 11) is 0. The van der Waals surface area contributed by atoms with E-state index in [1.54, 1.807) is 0 Å². The van der Waals surface area contributed by atoms with Crippen LogP contribution >= 0.6 is 0 Å². The molecule has 5 fully saturated rings. The van der Waals surface area contributed by atoms with Gasteiger partial charge in [0.15, 0.2) is 0 Å². The van der Waals surface area contributed by atoms with Gasteiger partial charge in [0.25, 0.3) is 0 Å². The predicted octanol–water partition coefficient (Wildman–Crippen LogP) is 6.55. The number of amides is 1. The van der Waals surface area contributed by atoms with Gasteiger partial charge in [0.1, 0.15) is 0 Å². The third-order valence-corrected chi connectivity index (χ3v) is 13.3. The van der Waals surface area contributed by atoms with Crippen LogP contribution in [0.4, 0.5) is 0 Å². The van der Waals surface area contributed by atoms with E-state index in [2.05, 4.69) is 29.8 Å². The lowest BCUT2D eigenvalue weighted by atomic mass is 9.44. The summed E-state index contributed by atoms with van der Waals surface area (Å²) in [5.74, 6) is 4.95. The molecule has 0 heterocycles. The van der Waals surface area contributed by atoms with E-state index in [-0.39, 0.29) is 0 Å². The maximum atomic E-state index is 12.6. The molecule has 5 rings (SSSR count). The van der Waals surface area contributed by atoms with E-state index < -0.39 is 0 Å². The Kier molecular flexibility index (Phi) is 10.9. The molecule has 5 nitrogen and oxygen atoms in total. The molecule has 0 aromatic rings. The summed E-state index contributed by atoms with van der Waals surface area (Å²) in [5, 5.41) is 10.8. The normalized spacial score (nSPS) is 39.8. The third-order valence-electron chi connectivity index (χ3n) is 13.3. The van der Waals surface area contributed by atoms with Crippen LogP contribution in [-0.4, -0.2) is 44.2 Å². The van der Waals surface area contributed by atoms with Crippen molar-refractivity contribution in [1.82, 2.24) is 16.0 Å². The molecule has 1 amide bonds. The predicted molar refractivity (Wildman–Crippen MR) is 167 cm³/mol. The summed E-state index contributed by atoms with van der Waals surface area (Å²) in [5.41, 5.74) is 6.70. The molecule has 8 unspecified atom stereocenters. The van der Waals surface area contributed by atoms with Gasteiger partial charge in [0, 0.05) is 18.5 Å². The lowest BCUT2D eigenvalue weighted by Gasteiger charge is -2.61. The van der Waals surface area contributed by atoms with Gasteiger partial charge in [-0.3, -0.25) is 4.79 Å². The lowest BCUT2D eigenvalue weighted by molar-refractivity contribution is -0.122. The highest BCUT2D eigenvalue weighted by molar-refractivity contribution is 5.76. The standard InChI is InChI=1S/C35H64N4O/c1-34-20-18-32-30(31(34)16-14-26(34)9-6-12-33(40)39-28-10-4-3-5-11-28)15-13-27-25-29(17-19-35(27,32)2)38-24-8-23-37-22-7-21-36/h26-32,37-38H,3-25,36H2,1-2H3,(H,39,40). The van der Waals surface area contributed by atoms with E-state index in [0.717, 1.165) is 81.1 Å². The number of carbonyl (C=O) groups is 1. The molecule has 0 aromatic heterocycles. The molecule has 5 aliphatic rings. The van der Waals surface area contributed by atoms with Crippen molar-refractivity contribution >= 4 is 5.91 Å². The van der Waals surface area contributed by atoms with Gasteiger partial charge in [-0.25, -0.2) is 0 Å². The lowest BCUT2D eigenvalue weighted by Crippen LogP contribution is -2.55. The van der Waals surface area contributed by atoms with E-state index in [1.165, 1.54) is 103 Å². The van der Waals surface area contributed by atoms with Crippen LogP contribution in [0, 0.1) is 40.4 Å². The largest absolute Gasteiger partial charge is 0.353 e. The van der Waals surface area contributed by atoms with Crippen molar-refractivity contribution in [3.8, 4) is 0 Å². The summed E-state index contributed by atoms with van der Waals surface area (Å²) < 4.78 is 0. The van der Waals surface area contributed by atoms with E-state index in [0.29, 0.717) is 22.8 Å². The van der Waals surface area contributed by atoms with Crippen LogP contribution in [0.2, 0.25) is 0 Å². The Hall–Kier alpha value is -0.650. The minimum Gasteiger partial charge on any atom is -0.353 e. The van der Waals surface area contributed by atoms with Gasteiger partial charge >= 0.3 is 0 Å². The maximum absolute atomic E-state index is 12.6. The fourth-order valence-electron chi connectivity index (χ4n) is 11.0. The molecule has 0 spiro atoms. The molecule has 5 saturated carbocycles. The van der Waals surface area contributed by atoms with Gasteiger partial charge < -0.3 is 21.7 Å². The highest BCUT2D eigenvalue weighted by Crippen LogP contribution is 2.67. The van der Waals surface area contributed by atoms with E-state index in [1.807, 2.05) is 0 Å². The second-order valence-corrected chi connectivity index (χ2v) is 15.4. The van der Waals surface area contributed by atoms with Crippen molar-refractivity contribution in [2.75, 3.05) is 26.2 Å². The first-order valence-electron chi connectivity index (χ1n) is 17.9. The number of hydrogen-bond acceptors (Lipinski definition) is 4. The number of nitrogens with two attached hydrogens (primary N) is 1. The molecule has 0 aliphatic heterocycles. The average Bonchev–Trinajstić information content (AvgIpc) is 3.29. The van der Waals surface area contributed by atoms with Gasteiger partial charge in [-0.2, -0.15) is 0 Å². The van der Waals surface area contributed by atoms with Crippen LogP contribution in [0.1, 0.15) is 136 Å². The minimum absolute atomic E-state index is 0.325. The van der Waals surface area contributed by atoms with E-state index in [4.69, 9.17) is 5.73 Å². The molecule has 0 radical (unpaired) electrons. The SMILES string of the molecule is CC12CCC3C(CCC4CC(NCCCNCCCN)CCC43C)C1CCC2CCCC(=O)NC1CCCCC1. The zero-order valence-corrected chi connectivity index (χ0v) is 26.3. The number of fused-ring (bicyclic) bond motifs is 5. The van der Waals surface area contributed by atoms with Crippen LogP contribution in [0.25, 0.3) is 0 Å². The molecule has 0 aromatic carbocycles. The summed E-state index contributed by atoms with van der Waals surface area (Å²) in [6, 6.07) is 1.19. The minimum atomic E-state index is 0.325. The van der Waals surface area contributed by atoms with Crippen molar-refractivity contribution in [3.05, 3.63) is 0 Å². The quantitative estimate of drug-likeness (QED) is 0.194. The number of hydrogen-bond donors (Lipinski definition) is 4. The number of rotatable bonds is 13. The molecule has 5 N–H and O–H groups in total. The molecular formula is C35H64N4O. The van der Waals surface area contributed by atoms with Crippen LogP contribution in [0.3, 0.4) is 0 Å². The van der Waals surface area contributed by atoms with Gasteiger partial charge in [-0.1, -0.05) is 33.1 Å². The van der Waals surface area contributed by atoms with Crippen LogP contribution in [-0.2, 0) is 4.79 Å². The molecule has 40 heavy (non-hydrogen) atoms. The first-order valence-corrected chi connectivity index (χ1v) is 17.9. The number of nitrogens with one attached hydrogen (secondary N) is 3. The summed E-state index contributed by atoms with van der Waals surface area (Å²) in [4.78, 5) is 12.6. The molecule has 0 bridgehead atoms. The fourth-order valence-corrected chi connectivity index (χ4v) is 11.0. The zero-order valence-electron chi connectivity index (χ0n) is 26.3. The first-order chi connectivity index (χ1) is 19.4. The Bertz CT molecular complexity index is 798. The Balaban J connectivity index is 1.07. The van der Waals surface area contributed by atoms with Gasteiger partial charge in [-0.15, -0.1) is 0 Å². The van der Waals surface area contributed by atoms with Crippen molar-refractivity contribution < 1.29 is 4.79 Å². The zero-order chi connectivity index (χ0) is 28.0. The Morgan fingerprint density at radius 3 is 2.38 bits per heavy atom. The first kappa shape index (κ1) is 30.8. The second kappa shape index (κ2) is 14.2. The highest BCUT2D eigenvalue weighted by atomic mass is 16.1. The molecule has 0 saturated heterocycles. The molecule has 5 heteroatoms. The van der Waals surface area contributed by atoms with E-state index in [9.17, 15) is 4.79 Å². The van der Waals surface area contributed by atoms with Gasteiger partial charge in [-0.05, 0) is 163 Å². The topological polar surface area (TPSA) is 79.2 Å². The summed E-state index contributed by atoms with van der Waals surface area (Å²) in [6.45, 7) is 9.50. The maximum Gasteiger partial charge on any atom is 0.220 e. The monoisotopic (exact) mass is 557 g/mol. The summed E-state index contributed by atoms with van der Waals surface area (Å²) in [6.07, 6.45) is 24.7. The highest BCUT2D eigenvalue weighted by Gasteiger charge is 2.59. The van der Waals surface area contributed by atoms with Crippen LogP contribution in [0.5, 0.6) is 0 Å². The second-order valence-electron chi connectivity index (χ2n) is 15.4. The van der Waals surface area contributed by atoms with Crippen LogP contribution in [0.15, 0.2) is 0 Å². The Morgan fingerprint density at radius 1 is 0.775 bits per heavy atom. The van der Waals surface area contributed by atoms with Crippen LogP contribution < -0.4 is 21.7 Å². The van der Waals surface area contributed by atoms with Crippen molar-refractivity contribution in [2.45, 2.75) is 148 Å². The average molecular weight is 557 g/mol. The molecule has 230 valence electrons. The smallest absolute Gasteiger partial charge is 0.220 e. The van der Waals surface area contributed by atoms with Gasteiger partial charge in [0.2, 0.25) is 5.91 Å². The fraction of sp³-hybridized carbons (Fsp3) is 0.971. The third kappa shape index (κ3) is 6.94. The van der Waals surface area contributed by atoms with Crippen molar-refractivity contribution in [3.63, 3.8) is 0 Å². The molecule has 5 aliphatic carbocycles. The molecular weight excluding hydrogens is 492 g/mol. The number of carbonyl (C=O) groups excluding carboxylic acids is 1. The van der Waals surface area contributed by atoms with E-state index >= 15 is 0 Å². The van der Waals surface area contributed by atoms with Crippen molar-refractivity contribution in [1.29, 1.82) is 0 Å². The molecule has 8 atom stereocenters.